The summed E-state index contributed by atoms with van der Waals surface area (Å²) in [5, 5.41) is 10.8. The highest BCUT2D eigenvalue weighted by Crippen LogP contribution is 2.64. The molecule has 8 rings (SSSR count). The molecule has 4 amide bonds. The monoisotopic (exact) mass is 831 g/mol. The highest BCUT2D eigenvalue weighted by Gasteiger charge is 2.70. The normalized spacial score (nSPS) is 26.5. The highest BCUT2D eigenvalue weighted by atomic mass is 127. The van der Waals surface area contributed by atoms with Gasteiger partial charge >= 0.3 is 0 Å². The van der Waals surface area contributed by atoms with E-state index in [1.165, 1.54) is 29.2 Å². The maximum atomic E-state index is 15.2. The Morgan fingerprint density at radius 3 is 2.23 bits per heavy atom. The molecule has 0 bridgehead atoms. The zero-order valence-electron chi connectivity index (χ0n) is 27.5. The molecule has 6 unspecified atom stereocenters. The largest absolute Gasteiger partial charge is 0.491 e. The molecule has 0 radical (unpaired) electrons. The van der Waals surface area contributed by atoms with E-state index >= 15 is 4.79 Å². The second-order valence-corrected chi connectivity index (χ2v) is 15.2. The van der Waals surface area contributed by atoms with Crippen LogP contribution in [-0.2, 0) is 24.6 Å². The summed E-state index contributed by atoms with van der Waals surface area (Å²) in [5.41, 5.74) is 4.41. The molecule has 2 heterocycles. The summed E-state index contributed by atoms with van der Waals surface area (Å²) >= 11 is 8.54. The predicted molar refractivity (Wildman–Crippen MR) is 200 cm³/mol. The van der Waals surface area contributed by atoms with Gasteiger partial charge < -0.3 is 9.84 Å². The van der Waals surface area contributed by atoms with Crippen LogP contribution in [0.2, 0.25) is 5.02 Å². The lowest BCUT2D eigenvalue weighted by Crippen LogP contribution is -2.53. The number of hydrazine groups is 1. The summed E-state index contributed by atoms with van der Waals surface area (Å²) in [4.78, 5) is 59.7. The molecular weight excluding hydrogens is 800 g/mol. The summed E-state index contributed by atoms with van der Waals surface area (Å²) < 4.78 is 20.5. The SMILES string of the molecule is O=C1C2CC3C(=CCC4C(=O)N(c5ccc(I)cc5)C(=O)C43)C(c3ccc(OCCO)cc3)C2(c2ccc(Cl)cc2)C(=O)N1Nc1ccc(F)cc1. The number of nitrogens with one attached hydrogen (secondary N) is 1. The molecular formula is C40H32ClFIN3O6. The molecule has 3 fully saturated rings. The van der Waals surface area contributed by atoms with Crippen molar-refractivity contribution in [2.24, 2.45) is 23.7 Å². The average molecular weight is 832 g/mol. The number of ether oxygens (including phenoxy) is 1. The summed E-state index contributed by atoms with van der Waals surface area (Å²) in [5.74, 6) is -5.16. The van der Waals surface area contributed by atoms with E-state index in [9.17, 15) is 23.9 Å². The first-order valence-corrected chi connectivity index (χ1v) is 18.4. The van der Waals surface area contributed by atoms with Crippen molar-refractivity contribution in [2.45, 2.75) is 24.2 Å². The van der Waals surface area contributed by atoms with Gasteiger partial charge in [0, 0.05) is 14.5 Å². The van der Waals surface area contributed by atoms with E-state index in [2.05, 4.69) is 28.0 Å². The Balaban J connectivity index is 1.30. The van der Waals surface area contributed by atoms with E-state index in [0.717, 1.165) is 14.2 Å². The number of nitrogens with zero attached hydrogens (tertiary/aromatic N) is 2. The van der Waals surface area contributed by atoms with Crippen molar-refractivity contribution in [3.8, 4) is 5.75 Å². The van der Waals surface area contributed by atoms with Gasteiger partial charge in [-0.2, -0.15) is 5.01 Å². The summed E-state index contributed by atoms with van der Waals surface area (Å²) in [6, 6.07) is 26.7. The van der Waals surface area contributed by atoms with Crippen molar-refractivity contribution < 1.29 is 33.4 Å². The number of carbonyl (C=O) groups is 4. The predicted octanol–water partition coefficient (Wildman–Crippen LogP) is 6.64. The number of benzene rings is 4. The number of hydrogen-bond acceptors (Lipinski definition) is 7. The van der Waals surface area contributed by atoms with E-state index in [-0.39, 0.29) is 37.9 Å². The molecule has 12 heteroatoms. The number of aliphatic hydroxyl groups excluding tert-OH is 1. The lowest BCUT2D eigenvalue weighted by Gasteiger charge is -2.50. The zero-order chi connectivity index (χ0) is 36.3. The molecule has 4 aromatic rings. The van der Waals surface area contributed by atoms with Gasteiger partial charge in [-0.3, -0.25) is 29.5 Å². The number of carbonyl (C=O) groups excluding carboxylic acids is 4. The highest BCUT2D eigenvalue weighted by molar-refractivity contribution is 14.1. The van der Waals surface area contributed by atoms with Gasteiger partial charge in [0.25, 0.3) is 11.8 Å². The topological polar surface area (TPSA) is 116 Å². The van der Waals surface area contributed by atoms with Crippen molar-refractivity contribution in [1.29, 1.82) is 0 Å². The van der Waals surface area contributed by atoms with Crippen LogP contribution < -0.4 is 15.1 Å². The van der Waals surface area contributed by atoms with Crippen molar-refractivity contribution in [3.05, 3.63) is 134 Å². The van der Waals surface area contributed by atoms with Crippen molar-refractivity contribution in [1.82, 2.24) is 5.01 Å². The minimum Gasteiger partial charge on any atom is -0.491 e. The maximum absolute atomic E-state index is 15.2. The third kappa shape index (κ3) is 5.43. The van der Waals surface area contributed by atoms with Gasteiger partial charge in [-0.05, 0) is 125 Å². The smallest absolute Gasteiger partial charge is 0.260 e. The Morgan fingerprint density at radius 1 is 0.865 bits per heavy atom. The standard InChI is InChI=1S/C40H32ClFIN3O6/c41-24-5-3-23(4-6-24)40-33(37(49)46(39(40)51)44-27-11-7-25(42)8-12-27)21-32-30(35(40)22-1-15-29(16-2-22)52-20-19-47)17-18-31-34(32)38(50)45(36(31)48)28-13-9-26(43)10-14-28/h1-17,31-35,44,47H,18-21H2. The third-order valence-corrected chi connectivity index (χ3v) is 11.9. The number of rotatable bonds is 8. The lowest BCUT2D eigenvalue weighted by molar-refractivity contribution is -0.138. The number of imide groups is 2. The number of hydrogen-bond donors (Lipinski definition) is 2. The third-order valence-electron chi connectivity index (χ3n) is 10.9. The fourth-order valence-corrected chi connectivity index (χ4v) is 9.28. The molecule has 264 valence electrons. The van der Waals surface area contributed by atoms with Crippen molar-refractivity contribution >= 4 is 69.2 Å². The molecule has 9 nitrogen and oxygen atoms in total. The van der Waals surface area contributed by atoms with Crippen molar-refractivity contribution in [2.75, 3.05) is 23.5 Å². The van der Waals surface area contributed by atoms with Crippen LogP contribution in [0.1, 0.15) is 29.9 Å². The molecule has 2 aliphatic heterocycles. The minimum absolute atomic E-state index is 0.0973. The van der Waals surface area contributed by atoms with Gasteiger partial charge in [-0.1, -0.05) is 47.5 Å². The van der Waals surface area contributed by atoms with Gasteiger partial charge in [0.05, 0.1) is 41.2 Å². The molecule has 2 saturated heterocycles. The Hall–Kier alpha value is -4.59. The number of fused-ring (bicyclic) bond motifs is 4. The van der Waals surface area contributed by atoms with Crippen LogP contribution in [0, 0.1) is 33.1 Å². The quantitative estimate of drug-likeness (QED) is 0.116. The van der Waals surface area contributed by atoms with E-state index in [0.29, 0.717) is 33.3 Å². The minimum atomic E-state index is -1.49. The molecule has 0 spiro atoms. The molecule has 52 heavy (non-hydrogen) atoms. The van der Waals surface area contributed by atoms with E-state index in [4.69, 9.17) is 16.3 Å². The Morgan fingerprint density at radius 2 is 1.56 bits per heavy atom. The van der Waals surface area contributed by atoms with Crippen LogP contribution in [0.25, 0.3) is 0 Å². The zero-order valence-corrected chi connectivity index (χ0v) is 30.5. The number of halogens is 3. The van der Waals surface area contributed by atoms with Crippen LogP contribution in [0.4, 0.5) is 15.8 Å². The van der Waals surface area contributed by atoms with Gasteiger partial charge in [0.15, 0.2) is 0 Å². The first-order valence-electron chi connectivity index (χ1n) is 17.0. The first kappa shape index (κ1) is 34.5. The van der Waals surface area contributed by atoms with E-state index in [1.807, 2.05) is 30.3 Å². The Kier molecular flexibility index (Phi) is 8.91. The molecule has 4 aliphatic rings. The Bertz CT molecular complexity index is 2110. The summed E-state index contributed by atoms with van der Waals surface area (Å²) in [7, 11) is 0. The van der Waals surface area contributed by atoms with Crippen LogP contribution in [0.5, 0.6) is 5.75 Å². The maximum Gasteiger partial charge on any atom is 0.260 e. The fourth-order valence-electron chi connectivity index (χ4n) is 8.79. The number of anilines is 2. The van der Waals surface area contributed by atoms with E-state index in [1.54, 1.807) is 48.5 Å². The summed E-state index contributed by atoms with van der Waals surface area (Å²) in [6.07, 6.45) is 2.42. The summed E-state index contributed by atoms with van der Waals surface area (Å²) in [6.45, 7) is -0.0671. The Labute approximate surface area is 317 Å². The average Bonchev–Trinajstić information content (AvgIpc) is 3.53. The molecule has 6 atom stereocenters. The van der Waals surface area contributed by atoms with Crippen LogP contribution in [0.3, 0.4) is 0 Å². The molecule has 1 saturated carbocycles. The lowest BCUT2D eigenvalue weighted by atomic mass is 9.49. The first-order chi connectivity index (χ1) is 25.1. The number of allylic oxidation sites excluding steroid dienone is 2. The molecule has 4 aromatic carbocycles. The van der Waals surface area contributed by atoms with Gasteiger partial charge in [0.1, 0.15) is 18.2 Å². The van der Waals surface area contributed by atoms with E-state index < -0.39 is 52.6 Å². The second kappa shape index (κ2) is 13.4. The number of amides is 4. The molecule has 2 aliphatic carbocycles. The van der Waals surface area contributed by atoms with Gasteiger partial charge in [-0.15, -0.1) is 0 Å². The number of aliphatic hydroxyl groups is 1. The van der Waals surface area contributed by atoms with Gasteiger partial charge in [0.2, 0.25) is 11.8 Å². The van der Waals surface area contributed by atoms with Gasteiger partial charge in [-0.25, -0.2) is 4.39 Å². The molecule has 2 N–H and O–H groups in total. The molecule has 0 aromatic heterocycles. The van der Waals surface area contributed by atoms with Crippen molar-refractivity contribution in [3.63, 3.8) is 0 Å². The van der Waals surface area contributed by atoms with Crippen LogP contribution >= 0.6 is 34.2 Å². The second-order valence-electron chi connectivity index (χ2n) is 13.5. The van der Waals surface area contributed by atoms with Crippen LogP contribution in [-0.4, -0.2) is 47.0 Å². The van der Waals surface area contributed by atoms with Crippen LogP contribution in [0.15, 0.2) is 109 Å². The fraction of sp³-hybridized carbons (Fsp3) is 0.250.